The number of halogens is 1. The smallest absolute Gasteiger partial charge is 0.237 e. The van der Waals surface area contributed by atoms with Gasteiger partial charge < -0.3 is 10.4 Å². The van der Waals surface area contributed by atoms with Crippen LogP contribution in [0, 0.1) is 5.82 Å². The van der Waals surface area contributed by atoms with Gasteiger partial charge in [-0.25, -0.2) is 9.07 Å². The van der Waals surface area contributed by atoms with Crippen molar-refractivity contribution in [1.82, 2.24) is 25.0 Å². The Morgan fingerprint density at radius 3 is 2.62 bits per heavy atom. The van der Waals surface area contributed by atoms with Crippen molar-refractivity contribution in [2.24, 2.45) is 0 Å². The van der Waals surface area contributed by atoms with Crippen molar-refractivity contribution in [2.75, 3.05) is 5.84 Å². The maximum Gasteiger partial charge on any atom is 0.237 e. The quantitative estimate of drug-likeness (QED) is 0.375. The van der Waals surface area contributed by atoms with E-state index in [1.807, 2.05) is 12.1 Å². The SMILES string of the molecule is CC(C)c1ccc(-c2noc(CSc3nnc(-c4cccc(F)c4)n3N)n2)cc1. The molecule has 0 fully saturated rings. The predicted octanol–water partition coefficient (Wildman–Crippen LogP) is 4.26. The van der Waals surface area contributed by atoms with Crippen molar-refractivity contribution in [3.63, 3.8) is 0 Å². The Bertz CT molecular complexity index is 1120. The molecule has 0 bridgehead atoms. The lowest BCUT2D eigenvalue weighted by Crippen LogP contribution is -2.11. The van der Waals surface area contributed by atoms with Crippen LogP contribution in [0.15, 0.2) is 58.2 Å². The molecule has 0 aliphatic carbocycles. The third kappa shape index (κ3) is 4.14. The molecule has 0 atom stereocenters. The van der Waals surface area contributed by atoms with Crippen LogP contribution in [0.4, 0.5) is 4.39 Å². The molecule has 0 spiro atoms. The summed E-state index contributed by atoms with van der Waals surface area (Å²) in [6.45, 7) is 4.29. The van der Waals surface area contributed by atoms with Crippen molar-refractivity contribution >= 4 is 11.8 Å². The molecule has 0 unspecified atom stereocenters. The highest BCUT2D eigenvalue weighted by molar-refractivity contribution is 7.98. The maximum atomic E-state index is 13.4. The summed E-state index contributed by atoms with van der Waals surface area (Å²) in [7, 11) is 0. The van der Waals surface area contributed by atoms with Crippen molar-refractivity contribution < 1.29 is 8.91 Å². The first-order chi connectivity index (χ1) is 14.0. The summed E-state index contributed by atoms with van der Waals surface area (Å²) in [5.74, 6) is 7.92. The third-order valence-electron chi connectivity index (χ3n) is 4.38. The fourth-order valence-electron chi connectivity index (χ4n) is 2.77. The molecular formula is C20H19FN6OS. The van der Waals surface area contributed by atoms with Crippen molar-refractivity contribution in [3.8, 4) is 22.8 Å². The molecule has 2 heterocycles. The summed E-state index contributed by atoms with van der Waals surface area (Å²) in [5, 5.41) is 12.6. The monoisotopic (exact) mass is 410 g/mol. The van der Waals surface area contributed by atoms with Gasteiger partial charge in [-0.3, -0.25) is 0 Å². The van der Waals surface area contributed by atoms with Crippen molar-refractivity contribution in [2.45, 2.75) is 30.7 Å². The summed E-state index contributed by atoms with van der Waals surface area (Å²) in [6.07, 6.45) is 0. The number of nitrogens with zero attached hydrogens (tertiary/aromatic N) is 5. The molecule has 0 amide bonds. The second kappa shape index (κ2) is 8.04. The number of nitrogen functional groups attached to an aromatic ring is 1. The molecule has 7 nitrogen and oxygen atoms in total. The normalized spacial score (nSPS) is 11.3. The van der Waals surface area contributed by atoms with E-state index < -0.39 is 0 Å². The largest absolute Gasteiger partial charge is 0.338 e. The topological polar surface area (TPSA) is 95.7 Å². The first kappa shape index (κ1) is 19.1. The van der Waals surface area contributed by atoms with Gasteiger partial charge >= 0.3 is 0 Å². The van der Waals surface area contributed by atoms with E-state index in [4.69, 9.17) is 10.4 Å². The zero-order chi connectivity index (χ0) is 20.4. The number of nitrogens with two attached hydrogens (primary N) is 1. The molecule has 0 aliphatic rings. The lowest BCUT2D eigenvalue weighted by Gasteiger charge is -2.04. The molecule has 4 aromatic rings. The highest BCUT2D eigenvalue weighted by atomic mass is 32.2. The van der Waals surface area contributed by atoms with E-state index in [0.29, 0.717) is 39.9 Å². The molecule has 148 valence electrons. The minimum Gasteiger partial charge on any atom is -0.338 e. The maximum absolute atomic E-state index is 13.4. The van der Waals surface area contributed by atoms with Crippen LogP contribution < -0.4 is 5.84 Å². The Kier molecular flexibility index (Phi) is 5.30. The van der Waals surface area contributed by atoms with Crippen LogP contribution in [0.25, 0.3) is 22.8 Å². The van der Waals surface area contributed by atoms with Crippen LogP contribution in [0.1, 0.15) is 31.2 Å². The van der Waals surface area contributed by atoms with Gasteiger partial charge in [-0.1, -0.05) is 67.2 Å². The minimum absolute atomic E-state index is 0.362. The van der Waals surface area contributed by atoms with Gasteiger partial charge in [0.05, 0.1) is 5.75 Å². The van der Waals surface area contributed by atoms with E-state index in [9.17, 15) is 4.39 Å². The number of rotatable bonds is 6. The fraction of sp³-hybridized carbons (Fsp3) is 0.200. The second-order valence-electron chi connectivity index (χ2n) is 6.76. The Labute approximate surface area is 171 Å². The van der Waals surface area contributed by atoms with E-state index in [-0.39, 0.29) is 5.82 Å². The van der Waals surface area contributed by atoms with Gasteiger partial charge in [-0.2, -0.15) is 4.98 Å². The van der Waals surface area contributed by atoms with Crippen LogP contribution in [0.2, 0.25) is 0 Å². The summed E-state index contributed by atoms with van der Waals surface area (Å²) < 4.78 is 20.1. The third-order valence-corrected chi connectivity index (χ3v) is 5.30. The molecule has 0 radical (unpaired) electrons. The number of aromatic nitrogens is 5. The summed E-state index contributed by atoms with van der Waals surface area (Å²) >= 11 is 1.31. The predicted molar refractivity (Wildman–Crippen MR) is 109 cm³/mol. The number of hydrogen-bond acceptors (Lipinski definition) is 7. The van der Waals surface area contributed by atoms with Crippen LogP contribution in [0.5, 0.6) is 0 Å². The van der Waals surface area contributed by atoms with Crippen molar-refractivity contribution in [1.29, 1.82) is 0 Å². The van der Waals surface area contributed by atoms with Crippen LogP contribution in [-0.4, -0.2) is 25.0 Å². The van der Waals surface area contributed by atoms with Gasteiger partial charge in [0.15, 0.2) is 5.82 Å². The summed E-state index contributed by atoms with van der Waals surface area (Å²) in [6, 6.07) is 14.1. The fourth-order valence-corrected chi connectivity index (χ4v) is 3.47. The van der Waals surface area contributed by atoms with Crippen LogP contribution in [0.3, 0.4) is 0 Å². The van der Waals surface area contributed by atoms with Crippen molar-refractivity contribution in [3.05, 3.63) is 65.8 Å². The van der Waals surface area contributed by atoms with Crippen LogP contribution >= 0.6 is 11.8 Å². The number of thioether (sulfide) groups is 1. The summed E-state index contributed by atoms with van der Waals surface area (Å²) in [5.41, 5.74) is 2.70. The van der Waals surface area contributed by atoms with Gasteiger partial charge in [-0.05, 0) is 23.6 Å². The summed E-state index contributed by atoms with van der Waals surface area (Å²) in [4.78, 5) is 4.43. The van der Waals surface area contributed by atoms with E-state index in [0.717, 1.165) is 5.56 Å². The molecule has 9 heteroatoms. The standard InChI is InChI=1S/C20H19FN6OS/c1-12(2)13-6-8-14(9-7-13)18-23-17(28-26-18)11-29-20-25-24-19(27(20)22)15-4-3-5-16(21)10-15/h3-10,12H,11,22H2,1-2H3. The molecule has 29 heavy (non-hydrogen) atoms. The Morgan fingerprint density at radius 1 is 1.10 bits per heavy atom. The van der Waals surface area contributed by atoms with Gasteiger partial charge in [-0.15, -0.1) is 10.2 Å². The molecule has 2 aromatic carbocycles. The lowest BCUT2D eigenvalue weighted by atomic mass is 10.0. The molecule has 0 aliphatic heterocycles. The van der Waals surface area contributed by atoms with E-state index in [2.05, 4.69) is 46.3 Å². The van der Waals surface area contributed by atoms with Gasteiger partial charge in [0.1, 0.15) is 5.82 Å². The average Bonchev–Trinajstić information content (AvgIpc) is 3.33. The van der Waals surface area contributed by atoms with E-state index in [1.54, 1.807) is 12.1 Å². The Balaban J connectivity index is 1.45. The van der Waals surface area contributed by atoms with E-state index >= 15 is 0 Å². The highest BCUT2D eigenvalue weighted by Crippen LogP contribution is 2.26. The highest BCUT2D eigenvalue weighted by Gasteiger charge is 2.15. The molecule has 0 saturated carbocycles. The number of hydrogen-bond donors (Lipinski definition) is 1. The average molecular weight is 410 g/mol. The zero-order valence-corrected chi connectivity index (χ0v) is 16.7. The lowest BCUT2D eigenvalue weighted by molar-refractivity contribution is 0.391. The van der Waals surface area contributed by atoms with Crippen LogP contribution in [-0.2, 0) is 5.75 Å². The first-order valence-electron chi connectivity index (χ1n) is 9.03. The molecule has 0 saturated heterocycles. The molecule has 2 aromatic heterocycles. The number of benzene rings is 2. The van der Waals surface area contributed by atoms with Gasteiger partial charge in [0.25, 0.3) is 0 Å². The zero-order valence-electron chi connectivity index (χ0n) is 15.9. The Hall–Kier alpha value is -3.20. The first-order valence-corrected chi connectivity index (χ1v) is 10.0. The Morgan fingerprint density at radius 2 is 1.90 bits per heavy atom. The molecule has 2 N–H and O–H groups in total. The van der Waals surface area contributed by atoms with E-state index in [1.165, 1.54) is 34.1 Å². The second-order valence-corrected chi connectivity index (χ2v) is 7.71. The van der Waals surface area contributed by atoms with Gasteiger partial charge in [0.2, 0.25) is 16.9 Å². The van der Waals surface area contributed by atoms with Gasteiger partial charge in [0, 0.05) is 11.1 Å². The molecule has 4 rings (SSSR count). The minimum atomic E-state index is -0.362. The molecular weight excluding hydrogens is 391 g/mol.